The van der Waals surface area contributed by atoms with Crippen LogP contribution < -0.4 is 4.57 Å². The van der Waals surface area contributed by atoms with Crippen molar-refractivity contribution in [1.29, 1.82) is 0 Å². The van der Waals surface area contributed by atoms with Crippen LogP contribution in [0.2, 0.25) is 0 Å². The molecule has 4 heteroatoms. The van der Waals surface area contributed by atoms with Gasteiger partial charge in [-0.15, -0.1) is 0 Å². The van der Waals surface area contributed by atoms with E-state index in [-0.39, 0.29) is 6.10 Å². The van der Waals surface area contributed by atoms with Gasteiger partial charge in [0.25, 0.3) is 5.82 Å². The van der Waals surface area contributed by atoms with Crippen molar-refractivity contribution >= 4 is 0 Å². The molecule has 2 aliphatic heterocycles. The number of benzene rings is 1. The standard InChI is InChI=1S/C16H17N2O2/c1-11-10-12(2)20-16(19-11)14-7-5-4-6-13(14)15-17(3)8-9-18(15)16/h4-11H,1-3H3/q+1. The highest BCUT2D eigenvalue weighted by molar-refractivity contribution is 5.65. The molecule has 2 atom stereocenters. The van der Waals surface area contributed by atoms with Gasteiger partial charge in [0, 0.05) is 0 Å². The maximum Gasteiger partial charge on any atom is 0.400 e. The minimum absolute atomic E-state index is 0.00969. The number of rotatable bonds is 0. The number of hydrogen-bond donors (Lipinski definition) is 0. The topological polar surface area (TPSA) is 27.3 Å². The van der Waals surface area contributed by atoms with Crippen molar-refractivity contribution in [2.45, 2.75) is 25.9 Å². The highest BCUT2D eigenvalue weighted by atomic mass is 16.7. The molecule has 0 saturated carbocycles. The van der Waals surface area contributed by atoms with Crippen LogP contribution in [0.3, 0.4) is 0 Å². The molecule has 0 fully saturated rings. The summed E-state index contributed by atoms with van der Waals surface area (Å²) < 4.78 is 16.6. The lowest BCUT2D eigenvalue weighted by Crippen LogP contribution is -2.42. The molecule has 1 aromatic heterocycles. The number of aryl methyl sites for hydroxylation is 1. The van der Waals surface area contributed by atoms with Crippen molar-refractivity contribution in [2.75, 3.05) is 0 Å². The number of allylic oxidation sites excluding steroid dienone is 1. The van der Waals surface area contributed by atoms with Gasteiger partial charge < -0.3 is 4.74 Å². The highest BCUT2D eigenvalue weighted by Gasteiger charge is 2.56. The van der Waals surface area contributed by atoms with E-state index in [0.717, 1.165) is 22.7 Å². The van der Waals surface area contributed by atoms with E-state index < -0.39 is 5.91 Å². The van der Waals surface area contributed by atoms with Gasteiger partial charge in [-0.05, 0) is 32.1 Å². The maximum atomic E-state index is 6.22. The van der Waals surface area contributed by atoms with Crippen LogP contribution in [0.15, 0.2) is 48.5 Å². The lowest BCUT2D eigenvalue weighted by molar-refractivity contribution is -0.659. The van der Waals surface area contributed by atoms with Crippen LogP contribution in [-0.4, -0.2) is 10.7 Å². The Labute approximate surface area is 117 Å². The fourth-order valence-electron chi connectivity index (χ4n) is 3.24. The summed E-state index contributed by atoms with van der Waals surface area (Å²) in [5, 5.41) is 0. The SMILES string of the molecule is CC1=CC(C)OC2(O1)c1ccccc1-c1n2cc[n+]1C. The third-order valence-electron chi connectivity index (χ3n) is 3.94. The van der Waals surface area contributed by atoms with Crippen LogP contribution in [0.5, 0.6) is 0 Å². The molecule has 1 aromatic carbocycles. The molecule has 4 nitrogen and oxygen atoms in total. The molecule has 2 aliphatic rings. The van der Waals surface area contributed by atoms with E-state index in [2.05, 4.69) is 21.3 Å². The summed E-state index contributed by atoms with van der Waals surface area (Å²) in [6.45, 7) is 4.02. The molecule has 0 bridgehead atoms. The van der Waals surface area contributed by atoms with Gasteiger partial charge in [0.05, 0.1) is 24.3 Å². The van der Waals surface area contributed by atoms with Crippen LogP contribution in [0.25, 0.3) is 11.4 Å². The van der Waals surface area contributed by atoms with E-state index in [9.17, 15) is 0 Å². The smallest absolute Gasteiger partial charge is 0.400 e. The number of fused-ring (bicyclic) bond motifs is 5. The van der Waals surface area contributed by atoms with E-state index in [4.69, 9.17) is 9.47 Å². The Morgan fingerprint density at radius 1 is 1.30 bits per heavy atom. The molecule has 1 spiro atoms. The Morgan fingerprint density at radius 3 is 2.90 bits per heavy atom. The largest absolute Gasteiger partial charge is 0.428 e. The number of aromatic nitrogens is 2. The van der Waals surface area contributed by atoms with Gasteiger partial charge >= 0.3 is 5.91 Å². The van der Waals surface area contributed by atoms with Crippen molar-refractivity contribution in [3.05, 3.63) is 54.1 Å². The molecule has 0 N–H and O–H groups in total. The van der Waals surface area contributed by atoms with Crippen LogP contribution in [0.1, 0.15) is 19.4 Å². The molecule has 0 saturated heterocycles. The maximum absolute atomic E-state index is 6.22. The molecule has 0 amide bonds. The van der Waals surface area contributed by atoms with E-state index in [1.165, 1.54) is 0 Å². The summed E-state index contributed by atoms with van der Waals surface area (Å²) in [6, 6.07) is 8.26. The first-order chi connectivity index (χ1) is 9.62. The number of nitrogens with zero attached hydrogens (tertiary/aromatic N) is 2. The predicted molar refractivity (Wildman–Crippen MR) is 73.5 cm³/mol. The summed E-state index contributed by atoms with van der Waals surface area (Å²) >= 11 is 0. The predicted octanol–water partition coefficient (Wildman–Crippen LogP) is 2.29. The van der Waals surface area contributed by atoms with E-state index >= 15 is 0 Å². The average Bonchev–Trinajstić information content (AvgIpc) is 2.90. The zero-order valence-corrected chi connectivity index (χ0v) is 11.8. The van der Waals surface area contributed by atoms with Crippen LogP contribution in [0, 0.1) is 0 Å². The van der Waals surface area contributed by atoms with Crippen LogP contribution in [0.4, 0.5) is 0 Å². The van der Waals surface area contributed by atoms with Gasteiger partial charge in [0.2, 0.25) is 0 Å². The zero-order valence-electron chi connectivity index (χ0n) is 11.8. The molecule has 0 aliphatic carbocycles. The van der Waals surface area contributed by atoms with Gasteiger partial charge in [0.1, 0.15) is 18.2 Å². The first kappa shape index (κ1) is 11.7. The van der Waals surface area contributed by atoms with Gasteiger partial charge in [-0.3, -0.25) is 4.74 Å². The second kappa shape index (κ2) is 3.73. The minimum atomic E-state index is -0.870. The fraction of sp³-hybridized carbons (Fsp3) is 0.312. The third-order valence-corrected chi connectivity index (χ3v) is 3.94. The Hall–Kier alpha value is -2.07. The third kappa shape index (κ3) is 1.32. The van der Waals surface area contributed by atoms with Crippen molar-refractivity contribution in [3.8, 4) is 11.4 Å². The zero-order chi connectivity index (χ0) is 13.9. The normalized spacial score (nSPS) is 26.9. The minimum Gasteiger partial charge on any atom is -0.428 e. The molecule has 20 heavy (non-hydrogen) atoms. The monoisotopic (exact) mass is 269 g/mol. The first-order valence-electron chi connectivity index (χ1n) is 6.84. The first-order valence-corrected chi connectivity index (χ1v) is 6.84. The van der Waals surface area contributed by atoms with Crippen molar-refractivity contribution < 1.29 is 14.0 Å². The fourth-order valence-corrected chi connectivity index (χ4v) is 3.24. The Morgan fingerprint density at radius 2 is 2.10 bits per heavy atom. The molecule has 0 radical (unpaired) electrons. The van der Waals surface area contributed by atoms with E-state index in [1.54, 1.807) is 0 Å². The summed E-state index contributed by atoms with van der Waals surface area (Å²) in [5.41, 5.74) is 2.22. The van der Waals surface area contributed by atoms with Crippen LogP contribution >= 0.6 is 0 Å². The van der Waals surface area contributed by atoms with Crippen molar-refractivity contribution in [3.63, 3.8) is 0 Å². The van der Waals surface area contributed by atoms with E-state index in [0.29, 0.717) is 0 Å². The molecular formula is C16H17N2O2+. The lowest BCUT2D eigenvalue weighted by atomic mass is 10.1. The summed E-state index contributed by atoms with van der Waals surface area (Å²) in [7, 11) is 2.04. The average molecular weight is 269 g/mol. The lowest BCUT2D eigenvalue weighted by Gasteiger charge is -2.34. The Kier molecular flexibility index (Phi) is 2.19. The summed E-state index contributed by atoms with van der Waals surface area (Å²) in [4.78, 5) is 0. The molecular weight excluding hydrogens is 252 g/mol. The molecule has 2 aromatic rings. The highest BCUT2D eigenvalue weighted by Crippen LogP contribution is 2.46. The van der Waals surface area contributed by atoms with E-state index in [1.807, 2.05) is 51.5 Å². The number of hydrogen-bond acceptors (Lipinski definition) is 2. The second-order valence-electron chi connectivity index (χ2n) is 5.43. The van der Waals surface area contributed by atoms with Crippen molar-refractivity contribution in [1.82, 2.24) is 4.57 Å². The molecule has 2 unspecified atom stereocenters. The number of ether oxygens (including phenoxy) is 2. The molecule has 102 valence electrons. The van der Waals surface area contributed by atoms with Gasteiger partial charge in [-0.1, -0.05) is 12.1 Å². The Bertz CT molecular complexity index is 732. The molecule has 4 rings (SSSR count). The number of imidazole rings is 1. The quantitative estimate of drug-likeness (QED) is 0.686. The molecule has 3 heterocycles. The Balaban J connectivity index is 2.03. The summed E-state index contributed by atoms with van der Waals surface area (Å²) in [5.74, 6) is 1.12. The van der Waals surface area contributed by atoms with Gasteiger partial charge in [0.15, 0.2) is 0 Å². The summed E-state index contributed by atoms with van der Waals surface area (Å²) in [6.07, 6.45) is 6.05. The second-order valence-corrected chi connectivity index (χ2v) is 5.43. The van der Waals surface area contributed by atoms with Gasteiger partial charge in [-0.2, -0.15) is 4.57 Å². The van der Waals surface area contributed by atoms with Crippen LogP contribution in [-0.2, 0) is 22.4 Å². The van der Waals surface area contributed by atoms with Crippen molar-refractivity contribution in [2.24, 2.45) is 7.05 Å². The van der Waals surface area contributed by atoms with Gasteiger partial charge in [-0.25, -0.2) is 4.57 Å².